The lowest BCUT2D eigenvalue weighted by Crippen LogP contribution is -2.19. The summed E-state index contributed by atoms with van der Waals surface area (Å²) in [6.45, 7) is 0. The van der Waals surface area contributed by atoms with Crippen molar-refractivity contribution in [3.8, 4) is 0 Å². The van der Waals surface area contributed by atoms with E-state index in [4.69, 9.17) is 19.7 Å². The van der Waals surface area contributed by atoms with Crippen molar-refractivity contribution in [2.45, 2.75) is 0 Å². The highest BCUT2D eigenvalue weighted by Gasteiger charge is 2.24. The molecule has 0 fully saturated rings. The first-order valence-electron chi connectivity index (χ1n) is 9.46. The van der Waals surface area contributed by atoms with Gasteiger partial charge in [-0.2, -0.15) is 0 Å². The fourth-order valence-electron chi connectivity index (χ4n) is 2.73. The lowest BCUT2D eigenvalue weighted by molar-refractivity contribution is 0.0356. The van der Waals surface area contributed by atoms with Crippen LogP contribution in [0.3, 0.4) is 0 Å². The molecule has 10 heteroatoms. The molecule has 0 aliphatic carbocycles. The average Bonchev–Trinajstić information content (AvgIpc) is 2.83. The standard InChI is InChI=1S/C24H14O10/c25-19(26)13-5-9-15(10-6-13)21(29)33-23(31)17-3-1-2-4-18(17)24(32)34-22(30)16-11-7-14(8-12-16)20(27)28/h1-12H,(H,25,26)(H,27,28). The Labute approximate surface area is 191 Å². The van der Waals surface area contributed by atoms with Crippen LogP contribution in [0.1, 0.15) is 62.1 Å². The second-order valence-corrected chi connectivity index (χ2v) is 6.66. The number of ether oxygens (including phenoxy) is 2. The van der Waals surface area contributed by atoms with E-state index < -0.39 is 35.8 Å². The molecule has 0 bridgehead atoms. The second kappa shape index (κ2) is 10.0. The van der Waals surface area contributed by atoms with Crippen LogP contribution >= 0.6 is 0 Å². The van der Waals surface area contributed by atoms with Crippen LogP contribution in [0.5, 0.6) is 0 Å². The minimum atomic E-state index is -1.20. The maximum Gasteiger partial charge on any atom is 0.346 e. The Kier molecular flexibility index (Phi) is 6.92. The van der Waals surface area contributed by atoms with Gasteiger partial charge in [-0.15, -0.1) is 0 Å². The molecule has 170 valence electrons. The number of hydrogen-bond donors (Lipinski definition) is 2. The number of carboxylic acids is 2. The third kappa shape index (κ3) is 5.37. The molecule has 0 saturated carbocycles. The highest BCUT2D eigenvalue weighted by molar-refractivity contribution is 6.11. The van der Waals surface area contributed by atoms with E-state index in [1.54, 1.807) is 0 Å². The summed E-state index contributed by atoms with van der Waals surface area (Å²) in [5, 5.41) is 17.8. The molecule has 0 amide bonds. The summed E-state index contributed by atoms with van der Waals surface area (Å²) in [4.78, 5) is 71.2. The Hall–Kier alpha value is -5.12. The normalized spacial score (nSPS) is 10.1. The van der Waals surface area contributed by atoms with Gasteiger partial charge in [0, 0.05) is 0 Å². The minimum absolute atomic E-state index is 0.0711. The number of esters is 4. The van der Waals surface area contributed by atoms with Crippen LogP contribution < -0.4 is 0 Å². The van der Waals surface area contributed by atoms with Crippen LogP contribution in [-0.2, 0) is 9.47 Å². The molecule has 2 N–H and O–H groups in total. The predicted octanol–water partition coefficient (Wildman–Crippen LogP) is 3.08. The van der Waals surface area contributed by atoms with Crippen LogP contribution in [-0.4, -0.2) is 46.0 Å². The van der Waals surface area contributed by atoms with Gasteiger partial charge in [0.2, 0.25) is 0 Å². The quantitative estimate of drug-likeness (QED) is 0.411. The molecule has 3 aromatic rings. The monoisotopic (exact) mass is 462 g/mol. The molecule has 0 aliphatic heterocycles. The van der Waals surface area contributed by atoms with Gasteiger partial charge in [-0.3, -0.25) is 0 Å². The SMILES string of the molecule is O=C(O)c1ccc(C(=O)OC(=O)c2ccccc2C(=O)OC(=O)c2ccc(C(=O)O)cc2)cc1. The Balaban J connectivity index is 1.73. The maximum absolute atomic E-state index is 12.5. The molecular formula is C24H14O10. The van der Waals surface area contributed by atoms with Crippen molar-refractivity contribution in [1.29, 1.82) is 0 Å². The lowest BCUT2D eigenvalue weighted by atomic mass is 10.1. The van der Waals surface area contributed by atoms with E-state index in [-0.39, 0.29) is 33.4 Å². The van der Waals surface area contributed by atoms with Gasteiger partial charge in [-0.05, 0) is 60.7 Å². The van der Waals surface area contributed by atoms with Gasteiger partial charge in [-0.25, -0.2) is 28.8 Å². The van der Waals surface area contributed by atoms with Crippen molar-refractivity contribution in [2.24, 2.45) is 0 Å². The van der Waals surface area contributed by atoms with E-state index in [0.29, 0.717) is 0 Å². The van der Waals surface area contributed by atoms with Crippen molar-refractivity contribution >= 4 is 35.8 Å². The van der Waals surface area contributed by atoms with E-state index in [2.05, 4.69) is 0 Å². The number of hydrogen-bond acceptors (Lipinski definition) is 8. The smallest absolute Gasteiger partial charge is 0.346 e. The van der Waals surface area contributed by atoms with Crippen LogP contribution in [0.4, 0.5) is 0 Å². The van der Waals surface area contributed by atoms with Crippen LogP contribution in [0, 0.1) is 0 Å². The maximum atomic E-state index is 12.5. The zero-order valence-corrected chi connectivity index (χ0v) is 17.1. The molecule has 0 unspecified atom stereocenters. The summed E-state index contributed by atoms with van der Waals surface area (Å²) in [5.41, 5.74) is -1.04. The van der Waals surface area contributed by atoms with Crippen molar-refractivity contribution in [2.75, 3.05) is 0 Å². The van der Waals surface area contributed by atoms with E-state index in [1.807, 2.05) is 0 Å². The van der Waals surface area contributed by atoms with Gasteiger partial charge < -0.3 is 19.7 Å². The first kappa shape index (κ1) is 23.5. The van der Waals surface area contributed by atoms with E-state index >= 15 is 0 Å². The molecule has 34 heavy (non-hydrogen) atoms. The van der Waals surface area contributed by atoms with Crippen molar-refractivity contribution < 1.29 is 48.5 Å². The topological polar surface area (TPSA) is 161 Å². The fraction of sp³-hybridized carbons (Fsp3) is 0. The predicted molar refractivity (Wildman–Crippen MR) is 113 cm³/mol. The fourth-order valence-corrected chi connectivity index (χ4v) is 2.73. The molecular weight excluding hydrogens is 448 g/mol. The highest BCUT2D eigenvalue weighted by atomic mass is 16.6. The van der Waals surface area contributed by atoms with Gasteiger partial charge in [0.15, 0.2) is 0 Å². The largest absolute Gasteiger partial charge is 0.478 e. The third-order valence-corrected chi connectivity index (χ3v) is 4.47. The summed E-state index contributed by atoms with van der Waals surface area (Å²) in [6, 6.07) is 14.4. The van der Waals surface area contributed by atoms with Gasteiger partial charge in [0.1, 0.15) is 0 Å². The van der Waals surface area contributed by atoms with Crippen molar-refractivity contribution in [1.82, 2.24) is 0 Å². The Morgan fingerprint density at radius 2 is 0.735 bits per heavy atom. The summed E-state index contributed by atoms with van der Waals surface area (Å²) >= 11 is 0. The molecule has 3 aromatic carbocycles. The summed E-state index contributed by atoms with van der Waals surface area (Å²) < 4.78 is 9.53. The average molecular weight is 462 g/mol. The van der Waals surface area contributed by atoms with E-state index in [1.165, 1.54) is 24.3 Å². The molecule has 3 rings (SSSR count). The number of carboxylic acid groups (broad SMARTS) is 2. The Bertz CT molecular complexity index is 1200. The van der Waals surface area contributed by atoms with Crippen LogP contribution in [0.25, 0.3) is 0 Å². The first-order valence-corrected chi connectivity index (χ1v) is 9.46. The number of rotatable bonds is 6. The minimum Gasteiger partial charge on any atom is -0.478 e. The Morgan fingerprint density at radius 3 is 1.03 bits per heavy atom. The summed E-state index contributed by atoms with van der Waals surface area (Å²) in [7, 11) is 0. The molecule has 0 radical (unpaired) electrons. The summed E-state index contributed by atoms with van der Waals surface area (Å²) in [5.74, 6) is -6.96. The number of carbonyl (C=O) groups excluding carboxylic acids is 4. The molecule has 0 saturated heterocycles. The van der Waals surface area contributed by atoms with Crippen molar-refractivity contribution in [3.05, 3.63) is 106 Å². The van der Waals surface area contributed by atoms with Crippen LogP contribution in [0.2, 0.25) is 0 Å². The van der Waals surface area contributed by atoms with E-state index in [0.717, 1.165) is 48.5 Å². The number of carbonyl (C=O) groups is 6. The zero-order chi connectivity index (χ0) is 24.8. The molecule has 0 heterocycles. The number of benzene rings is 3. The van der Waals surface area contributed by atoms with Gasteiger partial charge in [0.25, 0.3) is 0 Å². The molecule has 0 aromatic heterocycles. The zero-order valence-electron chi connectivity index (χ0n) is 17.1. The lowest BCUT2D eigenvalue weighted by Gasteiger charge is -2.08. The van der Waals surface area contributed by atoms with Gasteiger partial charge in [0.05, 0.1) is 33.4 Å². The molecule has 0 atom stereocenters. The molecule has 0 spiro atoms. The van der Waals surface area contributed by atoms with Crippen LogP contribution in [0.15, 0.2) is 72.8 Å². The first-order chi connectivity index (χ1) is 16.2. The molecule has 10 nitrogen and oxygen atoms in total. The number of aromatic carboxylic acids is 2. The van der Waals surface area contributed by atoms with Crippen molar-refractivity contribution in [3.63, 3.8) is 0 Å². The highest BCUT2D eigenvalue weighted by Crippen LogP contribution is 2.15. The Morgan fingerprint density at radius 1 is 0.441 bits per heavy atom. The van der Waals surface area contributed by atoms with Gasteiger partial charge >= 0.3 is 35.8 Å². The summed E-state index contributed by atoms with van der Waals surface area (Å²) in [6.07, 6.45) is 0. The molecule has 0 aliphatic rings. The van der Waals surface area contributed by atoms with E-state index in [9.17, 15) is 28.8 Å². The van der Waals surface area contributed by atoms with Gasteiger partial charge in [-0.1, -0.05) is 12.1 Å². The third-order valence-electron chi connectivity index (χ3n) is 4.47. The second-order valence-electron chi connectivity index (χ2n) is 6.66.